The van der Waals surface area contributed by atoms with Crippen LogP contribution in [0.5, 0.6) is 0 Å². The molecule has 0 radical (unpaired) electrons. The van der Waals surface area contributed by atoms with Gasteiger partial charge in [-0.1, -0.05) is 0 Å². The molecule has 0 aliphatic carbocycles. The summed E-state index contributed by atoms with van der Waals surface area (Å²) in [6.07, 6.45) is 2.01. The van der Waals surface area contributed by atoms with E-state index in [0.717, 1.165) is 11.4 Å². The first kappa shape index (κ1) is 17.5. The lowest BCUT2D eigenvalue weighted by Crippen LogP contribution is -2.24. The van der Waals surface area contributed by atoms with Gasteiger partial charge in [0.1, 0.15) is 0 Å². The zero-order valence-electron chi connectivity index (χ0n) is 15.0. The molecule has 2 aromatic rings. The minimum atomic E-state index is 0.109. The lowest BCUT2D eigenvalue weighted by Gasteiger charge is -2.21. The van der Waals surface area contributed by atoms with Gasteiger partial charge in [-0.3, -0.25) is 9.36 Å². The Balaban J connectivity index is 0.000000211. The summed E-state index contributed by atoms with van der Waals surface area (Å²) in [4.78, 5) is 0. The largest absolute Gasteiger partial charge is 0.267 e. The van der Waals surface area contributed by atoms with Gasteiger partial charge in [0, 0.05) is 11.9 Å². The van der Waals surface area contributed by atoms with Crippen LogP contribution in [0.2, 0.25) is 0 Å². The summed E-state index contributed by atoms with van der Waals surface area (Å²) in [6, 6.07) is 4.12. The molecular weight excluding hydrogens is 260 g/mol. The maximum absolute atomic E-state index is 4.40. The molecule has 0 fully saturated rings. The Labute approximate surface area is 129 Å². The zero-order chi connectivity index (χ0) is 16.4. The van der Waals surface area contributed by atoms with Crippen LogP contribution in [0.15, 0.2) is 18.3 Å². The Morgan fingerprint density at radius 3 is 1.57 bits per heavy atom. The second-order valence-electron chi connectivity index (χ2n) is 7.58. The average Bonchev–Trinajstić information content (AvgIpc) is 2.84. The summed E-state index contributed by atoms with van der Waals surface area (Å²) in [5.74, 6) is 0. The van der Waals surface area contributed by atoms with Crippen molar-refractivity contribution in [3.8, 4) is 0 Å². The molecule has 0 unspecified atom stereocenters. The Hall–Kier alpha value is -1.58. The van der Waals surface area contributed by atoms with Crippen LogP contribution in [0.25, 0.3) is 0 Å². The number of aromatic nitrogens is 4. The Morgan fingerprint density at radius 1 is 0.810 bits per heavy atom. The van der Waals surface area contributed by atoms with E-state index in [1.165, 1.54) is 5.69 Å². The molecule has 4 heteroatoms. The van der Waals surface area contributed by atoms with E-state index < -0.39 is 0 Å². The summed E-state index contributed by atoms with van der Waals surface area (Å²) in [6.45, 7) is 19.0. The van der Waals surface area contributed by atoms with Gasteiger partial charge in [0.2, 0.25) is 0 Å². The fraction of sp³-hybridized carbons (Fsp3) is 0.647. The van der Waals surface area contributed by atoms with Crippen molar-refractivity contribution in [2.24, 2.45) is 0 Å². The van der Waals surface area contributed by atoms with Crippen LogP contribution in [0, 0.1) is 20.8 Å². The van der Waals surface area contributed by atoms with Crippen LogP contribution in [0.1, 0.15) is 58.6 Å². The third-order valence-electron chi connectivity index (χ3n) is 3.05. The maximum atomic E-state index is 4.40. The van der Waals surface area contributed by atoms with E-state index >= 15 is 0 Å². The van der Waals surface area contributed by atoms with Crippen molar-refractivity contribution >= 4 is 0 Å². The highest BCUT2D eigenvalue weighted by molar-refractivity contribution is 5.08. The molecule has 0 saturated heterocycles. The van der Waals surface area contributed by atoms with Gasteiger partial charge in [-0.05, 0) is 74.4 Å². The van der Waals surface area contributed by atoms with E-state index in [2.05, 4.69) is 69.4 Å². The van der Waals surface area contributed by atoms with Gasteiger partial charge in [-0.15, -0.1) is 0 Å². The molecule has 0 bridgehead atoms. The highest BCUT2D eigenvalue weighted by Crippen LogP contribution is 2.16. The van der Waals surface area contributed by atoms with E-state index in [0.29, 0.717) is 0 Å². The normalized spacial score (nSPS) is 12.0. The van der Waals surface area contributed by atoms with Gasteiger partial charge in [0.05, 0.1) is 22.5 Å². The molecular formula is C17H30N4. The van der Waals surface area contributed by atoms with Crippen LogP contribution < -0.4 is 0 Å². The first-order chi connectivity index (χ1) is 9.41. The van der Waals surface area contributed by atoms with Gasteiger partial charge in [-0.25, -0.2) is 0 Å². The molecule has 0 aromatic carbocycles. The van der Waals surface area contributed by atoms with Gasteiger partial charge < -0.3 is 0 Å². The maximum Gasteiger partial charge on any atom is 0.0596 e. The fourth-order valence-corrected chi connectivity index (χ4v) is 2.10. The van der Waals surface area contributed by atoms with Crippen molar-refractivity contribution in [3.05, 3.63) is 35.4 Å². The second kappa shape index (κ2) is 6.04. The Morgan fingerprint density at radius 2 is 1.38 bits per heavy atom. The van der Waals surface area contributed by atoms with Crippen LogP contribution in [-0.2, 0) is 11.1 Å². The third kappa shape index (κ3) is 5.03. The minimum Gasteiger partial charge on any atom is -0.267 e. The molecule has 2 heterocycles. The molecule has 0 N–H and O–H groups in total. The number of hydrogen-bond donors (Lipinski definition) is 0. The molecule has 4 nitrogen and oxygen atoms in total. The first-order valence-electron chi connectivity index (χ1n) is 7.48. The second-order valence-corrected chi connectivity index (χ2v) is 7.58. The summed E-state index contributed by atoms with van der Waals surface area (Å²) in [5.41, 5.74) is 3.63. The van der Waals surface area contributed by atoms with Crippen LogP contribution in [0.3, 0.4) is 0 Å². The van der Waals surface area contributed by atoms with Gasteiger partial charge in [0.25, 0.3) is 0 Å². The van der Waals surface area contributed by atoms with Crippen molar-refractivity contribution in [2.75, 3.05) is 0 Å². The number of hydrogen-bond acceptors (Lipinski definition) is 2. The monoisotopic (exact) mass is 290 g/mol. The molecule has 0 aliphatic rings. The van der Waals surface area contributed by atoms with E-state index in [9.17, 15) is 0 Å². The first-order valence-corrected chi connectivity index (χ1v) is 7.48. The number of nitrogens with zero attached hydrogens (tertiary/aromatic N) is 4. The van der Waals surface area contributed by atoms with E-state index in [1.54, 1.807) is 0 Å². The molecule has 0 saturated carbocycles. The van der Waals surface area contributed by atoms with Gasteiger partial charge >= 0.3 is 0 Å². The SMILES string of the molecule is Cc1cc(C)n(C(C)(C)C)n1.Cc1ccn(C(C)(C)C)n1. The molecule has 21 heavy (non-hydrogen) atoms. The molecule has 2 aromatic heterocycles. The van der Waals surface area contributed by atoms with Crippen molar-refractivity contribution in [2.45, 2.75) is 73.4 Å². The van der Waals surface area contributed by atoms with Crippen LogP contribution in [-0.4, -0.2) is 19.6 Å². The van der Waals surface area contributed by atoms with Crippen molar-refractivity contribution in [1.29, 1.82) is 0 Å². The average molecular weight is 290 g/mol. The lowest BCUT2D eigenvalue weighted by molar-refractivity contribution is 0.346. The molecule has 0 amide bonds. The van der Waals surface area contributed by atoms with Crippen LogP contribution in [0.4, 0.5) is 0 Å². The number of rotatable bonds is 0. The predicted molar refractivity (Wildman–Crippen MR) is 88.7 cm³/mol. The van der Waals surface area contributed by atoms with Gasteiger partial charge in [-0.2, -0.15) is 10.2 Å². The van der Waals surface area contributed by atoms with E-state index in [1.807, 2.05) is 30.8 Å². The molecule has 118 valence electrons. The van der Waals surface area contributed by atoms with Crippen molar-refractivity contribution in [1.82, 2.24) is 19.6 Å². The summed E-state index contributed by atoms with van der Waals surface area (Å²) in [7, 11) is 0. The topological polar surface area (TPSA) is 35.6 Å². The third-order valence-corrected chi connectivity index (χ3v) is 3.05. The van der Waals surface area contributed by atoms with Crippen molar-refractivity contribution in [3.63, 3.8) is 0 Å². The van der Waals surface area contributed by atoms with Crippen molar-refractivity contribution < 1.29 is 0 Å². The van der Waals surface area contributed by atoms with E-state index in [-0.39, 0.29) is 11.1 Å². The quantitative estimate of drug-likeness (QED) is 0.729. The van der Waals surface area contributed by atoms with Gasteiger partial charge in [0.15, 0.2) is 0 Å². The highest BCUT2D eigenvalue weighted by Gasteiger charge is 2.15. The van der Waals surface area contributed by atoms with E-state index in [4.69, 9.17) is 0 Å². The minimum absolute atomic E-state index is 0.109. The zero-order valence-corrected chi connectivity index (χ0v) is 15.0. The Kier molecular flexibility index (Phi) is 5.03. The molecule has 0 spiro atoms. The Bertz CT molecular complexity index is 577. The summed E-state index contributed by atoms with van der Waals surface area (Å²) in [5, 5.41) is 8.70. The molecule has 2 rings (SSSR count). The highest BCUT2D eigenvalue weighted by atomic mass is 15.3. The fourth-order valence-electron chi connectivity index (χ4n) is 2.10. The summed E-state index contributed by atoms with van der Waals surface area (Å²) < 4.78 is 4.03. The number of aryl methyl sites for hydroxylation is 3. The lowest BCUT2D eigenvalue weighted by atomic mass is 10.1. The van der Waals surface area contributed by atoms with Crippen LogP contribution >= 0.6 is 0 Å². The standard InChI is InChI=1S/C9H16N2.C8H14N2/c1-7-6-8(2)11(10-7)9(3,4)5;1-7-5-6-10(9-7)8(2,3)4/h6H,1-5H3;5-6H,1-4H3. The predicted octanol–water partition coefficient (Wildman–Crippen LogP) is 4.20. The summed E-state index contributed by atoms with van der Waals surface area (Å²) >= 11 is 0. The molecule has 0 aliphatic heterocycles. The smallest absolute Gasteiger partial charge is 0.0596 e. The molecule has 0 atom stereocenters.